The summed E-state index contributed by atoms with van der Waals surface area (Å²) in [6.45, 7) is 2.90. The lowest BCUT2D eigenvalue weighted by atomic mass is 9.97. The zero-order valence-electron chi connectivity index (χ0n) is 13.7. The van der Waals surface area contributed by atoms with Gasteiger partial charge in [-0.15, -0.1) is 0 Å². The summed E-state index contributed by atoms with van der Waals surface area (Å²) in [6.07, 6.45) is 4.10. The van der Waals surface area contributed by atoms with Crippen LogP contribution in [0.3, 0.4) is 0 Å². The average Bonchev–Trinajstić information content (AvgIpc) is 3.29. The van der Waals surface area contributed by atoms with E-state index >= 15 is 0 Å². The second kappa shape index (κ2) is 6.81. The number of rotatable bonds is 3. The molecular formula is C18H23N3O3. The topological polar surface area (TPSA) is 67.6 Å². The number of likely N-dealkylation sites (tertiary alicyclic amines) is 1. The number of benzene rings is 1. The maximum absolute atomic E-state index is 12.3. The summed E-state index contributed by atoms with van der Waals surface area (Å²) in [7, 11) is 0. The first-order valence-electron chi connectivity index (χ1n) is 8.79. The van der Waals surface area contributed by atoms with Gasteiger partial charge in [-0.3, -0.25) is 0 Å². The zero-order chi connectivity index (χ0) is 16.4. The normalized spacial score (nSPS) is 22.2. The Morgan fingerprint density at radius 1 is 1.25 bits per heavy atom. The van der Waals surface area contributed by atoms with Crippen molar-refractivity contribution in [3.63, 3.8) is 0 Å². The van der Waals surface area contributed by atoms with Crippen molar-refractivity contribution in [1.82, 2.24) is 15.2 Å². The first kappa shape index (κ1) is 15.4. The van der Waals surface area contributed by atoms with Gasteiger partial charge < -0.3 is 19.4 Å². The van der Waals surface area contributed by atoms with Crippen molar-refractivity contribution in [2.75, 3.05) is 26.2 Å². The Morgan fingerprint density at radius 3 is 2.83 bits per heavy atom. The van der Waals surface area contributed by atoms with Gasteiger partial charge in [0.15, 0.2) is 11.5 Å². The van der Waals surface area contributed by atoms with Crippen molar-refractivity contribution in [2.45, 2.75) is 37.7 Å². The number of urea groups is 1. The van der Waals surface area contributed by atoms with Gasteiger partial charge >= 0.3 is 6.03 Å². The molecule has 1 N–H and O–H groups in total. The van der Waals surface area contributed by atoms with Crippen molar-refractivity contribution in [3.8, 4) is 0 Å². The number of carbonyl (C=O) groups is 1. The summed E-state index contributed by atoms with van der Waals surface area (Å²) in [4.78, 5) is 18.7. The summed E-state index contributed by atoms with van der Waals surface area (Å²) < 4.78 is 11.4. The minimum atomic E-state index is 0.0153. The van der Waals surface area contributed by atoms with Crippen LogP contribution in [0.2, 0.25) is 0 Å². The maximum atomic E-state index is 12.3. The molecule has 0 aliphatic carbocycles. The smallest absolute Gasteiger partial charge is 0.317 e. The Labute approximate surface area is 141 Å². The monoisotopic (exact) mass is 329 g/mol. The van der Waals surface area contributed by atoms with Crippen LogP contribution in [0.5, 0.6) is 0 Å². The molecule has 3 heterocycles. The molecule has 2 fully saturated rings. The van der Waals surface area contributed by atoms with Crippen LogP contribution in [0.4, 0.5) is 4.79 Å². The van der Waals surface area contributed by atoms with Gasteiger partial charge in [0.2, 0.25) is 0 Å². The van der Waals surface area contributed by atoms with E-state index in [1.54, 1.807) is 0 Å². The Hall–Kier alpha value is -2.08. The van der Waals surface area contributed by atoms with E-state index in [-0.39, 0.29) is 12.1 Å². The van der Waals surface area contributed by atoms with Gasteiger partial charge in [-0.2, -0.15) is 0 Å². The fourth-order valence-corrected chi connectivity index (χ4v) is 3.51. The van der Waals surface area contributed by atoms with Crippen molar-refractivity contribution < 1.29 is 13.9 Å². The highest BCUT2D eigenvalue weighted by atomic mass is 16.5. The second-order valence-corrected chi connectivity index (χ2v) is 6.60. The molecule has 0 unspecified atom stereocenters. The number of fused-ring (bicyclic) bond motifs is 1. The number of nitrogens with zero attached hydrogens (tertiary/aromatic N) is 2. The van der Waals surface area contributed by atoms with Crippen LogP contribution in [0.1, 0.15) is 37.5 Å². The number of carbonyl (C=O) groups excluding carboxylic acids is 1. The Morgan fingerprint density at radius 2 is 2.08 bits per heavy atom. The highest BCUT2D eigenvalue weighted by molar-refractivity contribution is 5.74. The minimum Gasteiger partial charge on any atom is -0.440 e. The molecular weight excluding hydrogens is 306 g/mol. The number of amides is 2. The van der Waals surface area contributed by atoms with Gasteiger partial charge in [0, 0.05) is 32.2 Å². The van der Waals surface area contributed by atoms with Gasteiger partial charge in [-0.25, -0.2) is 9.78 Å². The number of hydrogen-bond acceptors (Lipinski definition) is 4. The van der Waals surface area contributed by atoms with E-state index in [0.29, 0.717) is 12.5 Å². The molecule has 2 amide bonds. The van der Waals surface area contributed by atoms with Crippen LogP contribution >= 0.6 is 0 Å². The van der Waals surface area contributed by atoms with Crippen LogP contribution in [0, 0.1) is 0 Å². The fourth-order valence-electron chi connectivity index (χ4n) is 3.51. The van der Waals surface area contributed by atoms with Crippen molar-refractivity contribution in [2.24, 2.45) is 0 Å². The van der Waals surface area contributed by atoms with E-state index in [9.17, 15) is 4.79 Å². The van der Waals surface area contributed by atoms with Crippen LogP contribution < -0.4 is 5.32 Å². The summed E-state index contributed by atoms with van der Waals surface area (Å²) in [5.74, 6) is 1.09. The van der Waals surface area contributed by atoms with E-state index in [1.165, 1.54) is 0 Å². The highest BCUT2D eigenvalue weighted by Crippen LogP contribution is 2.29. The second-order valence-electron chi connectivity index (χ2n) is 6.60. The van der Waals surface area contributed by atoms with E-state index < -0.39 is 0 Å². The van der Waals surface area contributed by atoms with Crippen LogP contribution in [0.25, 0.3) is 11.1 Å². The van der Waals surface area contributed by atoms with Crippen molar-refractivity contribution in [1.29, 1.82) is 0 Å². The molecule has 6 heteroatoms. The number of para-hydroxylation sites is 2. The van der Waals surface area contributed by atoms with Gasteiger partial charge in [0.05, 0.1) is 6.10 Å². The molecule has 6 nitrogen and oxygen atoms in total. The first-order chi connectivity index (χ1) is 11.8. The SMILES string of the molecule is O=C(NC[C@H]1CCCO1)N1CCC(c2nc3ccccc3o2)CC1. The molecule has 2 aliphatic rings. The van der Waals surface area contributed by atoms with Crippen LogP contribution in [0.15, 0.2) is 28.7 Å². The molecule has 0 bridgehead atoms. The summed E-state index contributed by atoms with van der Waals surface area (Å²) in [6, 6.07) is 7.85. The molecule has 24 heavy (non-hydrogen) atoms. The van der Waals surface area contributed by atoms with Crippen LogP contribution in [-0.2, 0) is 4.74 Å². The van der Waals surface area contributed by atoms with Gasteiger partial charge in [0.1, 0.15) is 5.52 Å². The summed E-state index contributed by atoms with van der Waals surface area (Å²) in [5.41, 5.74) is 1.74. The predicted octanol–water partition coefficient (Wildman–Crippen LogP) is 2.90. The van der Waals surface area contributed by atoms with Crippen molar-refractivity contribution >= 4 is 17.1 Å². The Bertz CT molecular complexity index is 667. The summed E-state index contributed by atoms with van der Waals surface area (Å²) >= 11 is 0. The Balaban J connectivity index is 1.30. The number of hydrogen-bond donors (Lipinski definition) is 1. The summed E-state index contributed by atoms with van der Waals surface area (Å²) in [5, 5.41) is 2.99. The number of oxazole rings is 1. The van der Waals surface area contributed by atoms with Gasteiger partial charge in [-0.1, -0.05) is 12.1 Å². The highest BCUT2D eigenvalue weighted by Gasteiger charge is 2.27. The molecule has 1 aromatic carbocycles. The molecule has 2 saturated heterocycles. The van der Waals surface area contributed by atoms with Crippen molar-refractivity contribution in [3.05, 3.63) is 30.2 Å². The third kappa shape index (κ3) is 3.24. The molecule has 0 spiro atoms. The first-order valence-corrected chi connectivity index (χ1v) is 8.79. The minimum absolute atomic E-state index is 0.0153. The number of piperidine rings is 1. The molecule has 1 atom stereocenters. The quantitative estimate of drug-likeness (QED) is 0.940. The van der Waals surface area contributed by atoms with Gasteiger partial charge in [-0.05, 0) is 37.8 Å². The van der Waals surface area contributed by atoms with E-state index in [0.717, 1.165) is 62.4 Å². The van der Waals surface area contributed by atoms with Gasteiger partial charge in [0.25, 0.3) is 0 Å². The molecule has 1 aromatic heterocycles. The van der Waals surface area contributed by atoms with E-state index in [4.69, 9.17) is 9.15 Å². The molecule has 2 aromatic rings. The maximum Gasteiger partial charge on any atom is 0.317 e. The van der Waals surface area contributed by atoms with E-state index in [2.05, 4.69) is 10.3 Å². The number of aromatic nitrogens is 1. The lowest BCUT2D eigenvalue weighted by molar-refractivity contribution is 0.107. The molecule has 0 saturated carbocycles. The third-order valence-electron chi connectivity index (χ3n) is 4.95. The molecule has 2 aliphatic heterocycles. The fraction of sp³-hybridized carbons (Fsp3) is 0.556. The lowest BCUT2D eigenvalue weighted by Crippen LogP contribution is -2.46. The lowest BCUT2D eigenvalue weighted by Gasteiger charge is -2.31. The zero-order valence-corrected chi connectivity index (χ0v) is 13.7. The van der Waals surface area contributed by atoms with Crippen LogP contribution in [-0.4, -0.2) is 48.3 Å². The largest absolute Gasteiger partial charge is 0.440 e. The number of ether oxygens (including phenoxy) is 1. The molecule has 4 rings (SSSR count). The molecule has 0 radical (unpaired) electrons. The van der Waals surface area contributed by atoms with E-state index in [1.807, 2.05) is 29.2 Å². The standard InChI is InChI=1S/C18H23N3O3/c22-18(19-12-14-4-3-11-23-14)21-9-7-13(8-10-21)17-20-15-5-1-2-6-16(15)24-17/h1-2,5-6,13-14H,3-4,7-12H2,(H,19,22)/t14-/m1/s1. The Kier molecular flexibility index (Phi) is 4.38. The third-order valence-corrected chi connectivity index (χ3v) is 4.95. The number of nitrogens with one attached hydrogen (secondary N) is 1. The molecule has 128 valence electrons. The average molecular weight is 329 g/mol. The predicted molar refractivity (Wildman–Crippen MR) is 89.9 cm³/mol.